The van der Waals surface area contributed by atoms with E-state index in [0.717, 1.165) is 24.0 Å². The van der Waals surface area contributed by atoms with Crippen LogP contribution < -0.4 is 14.4 Å². The van der Waals surface area contributed by atoms with Crippen LogP contribution in [0.15, 0.2) is 12.1 Å². The number of anilines is 1. The zero-order chi connectivity index (χ0) is 20.8. The van der Waals surface area contributed by atoms with E-state index in [4.69, 9.17) is 9.47 Å². The number of nitrogens with zero attached hydrogens (tertiary/aromatic N) is 3. The van der Waals surface area contributed by atoms with Crippen molar-refractivity contribution in [1.29, 1.82) is 0 Å². The van der Waals surface area contributed by atoms with Gasteiger partial charge >= 0.3 is 0 Å². The fraction of sp³-hybridized carbons (Fsp3) is 0.524. The summed E-state index contributed by atoms with van der Waals surface area (Å²) in [5.41, 5.74) is 2.41. The maximum absolute atomic E-state index is 14.0. The number of aryl methyl sites for hydroxylation is 2. The Bertz CT molecular complexity index is 807. The van der Waals surface area contributed by atoms with Crippen molar-refractivity contribution >= 4 is 5.69 Å². The molecule has 0 radical (unpaired) electrons. The molecule has 0 aliphatic rings. The lowest BCUT2D eigenvalue weighted by Crippen LogP contribution is -2.27. The molecule has 1 aromatic carbocycles. The van der Waals surface area contributed by atoms with Crippen LogP contribution in [-0.4, -0.2) is 37.3 Å². The van der Waals surface area contributed by atoms with E-state index in [1.165, 1.54) is 7.11 Å². The molecule has 1 heterocycles. The number of hydrogen-bond donors (Lipinski definition) is 0. The predicted octanol–water partition coefficient (Wildman–Crippen LogP) is 5.34. The standard InChI is InChI=1S/C21H29F2N3O2/c1-7-9-26(10-8-2)18-17(19(22)23)24-20(25-21(18)28-6)16-14(4)11-13(3)12-15(16)27-5/h11-12,19H,7-10H2,1-6H3. The number of benzene rings is 1. The quantitative estimate of drug-likeness (QED) is 0.575. The Morgan fingerprint density at radius 3 is 2.14 bits per heavy atom. The molecule has 0 aliphatic carbocycles. The lowest BCUT2D eigenvalue weighted by Gasteiger charge is -2.27. The van der Waals surface area contributed by atoms with Gasteiger partial charge in [-0.15, -0.1) is 0 Å². The van der Waals surface area contributed by atoms with Gasteiger partial charge in [0.1, 0.15) is 17.1 Å². The van der Waals surface area contributed by atoms with Crippen molar-refractivity contribution in [2.45, 2.75) is 47.0 Å². The van der Waals surface area contributed by atoms with Gasteiger partial charge in [-0.1, -0.05) is 19.9 Å². The highest BCUT2D eigenvalue weighted by molar-refractivity contribution is 5.72. The molecule has 5 nitrogen and oxygen atoms in total. The van der Waals surface area contributed by atoms with E-state index in [1.807, 2.05) is 44.7 Å². The molecule has 0 N–H and O–H groups in total. The highest BCUT2D eigenvalue weighted by atomic mass is 19.3. The van der Waals surface area contributed by atoms with Crippen LogP contribution in [0.5, 0.6) is 11.6 Å². The Hall–Kier alpha value is -2.44. The minimum Gasteiger partial charge on any atom is -0.496 e. The number of alkyl halides is 2. The van der Waals surface area contributed by atoms with Gasteiger partial charge in [0.25, 0.3) is 6.43 Å². The Kier molecular flexibility index (Phi) is 7.54. The molecule has 0 spiro atoms. The van der Waals surface area contributed by atoms with Crippen LogP contribution in [0.25, 0.3) is 11.4 Å². The van der Waals surface area contributed by atoms with E-state index in [2.05, 4.69) is 9.97 Å². The van der Waals surface area contributed by atoms with Gasteiger partial charge in [0, 0.05) is 13.1 Å². The topological polar surface area (TPSA) is 47.5 Å². The molecule has 0 fully saturated rings. The number of aromatic nitrogens is 2. The van der Waals surface area contributed by atoms with Gasteiger partial charge in [0.15, 0.2) is 5.82 Å². The summed E-state index contributed by atoms with van der Waals surface area (Å²) in [7, 11) is 2.99. The first kappa shape index (κ1) is 21.9. The average molecular weight is 393 g/mol. The minimum absolute atomic E-state index is 0.157. The van der Waals surface area contributed by atoms with Crippen LogP contribution in [0.1, 0.15) is 49.9 Å². The Morgan fingerprint density at radius 2 is 1.64 bits per heavy atom. The van der Waals surface area contributed by atoms with E-state index in [-0.39, 0.29) is 23.1 Å². The van der Waals surface area contributed by atoms with Crippen LogP contribution in [0, 0.1) is 13.8 Å². The molecule has 28 heavy (non-hydrogen) atoms. The van der Waals surface area contributed by atoms with Crippen molar-refractivity contribution in [2.24, 2.45) is 0 Å². The second kappa shape index (κ2) is 9.66. The van der Waals surface area contributed by atoms with E-state index >= 15 is 0 Å². The minimum atomic E-state index is -2.75. The van der Waals surface area contributed by atoms with Crippen molar-refractivity contribution in [2.75, 3.05) is 32.2 Å². The molecule has 0 bridgehead atoms. The summed E-state index contributed by atoms with van der Waals surface area (Å²) in [6.45, 7) is 9.10. The van der Waals surface area contributed by atoms with Crippen molar-refractivity contribution in [1.82, 2.24) is 9.97 Å². The molecular weight excluding hydrogens is 364 g/mol. The van der Waals surface area contributed by atoms with Gasteiger partial charge in [0.2, 0.25) is 5.88 Å². The van der Waals surface area contributed by atoms with Crippen LogP contribution in [0.3, 0.4) is 0 Å². The van der Waals surface area contributed by atoms with Crippen molar-refractivity contribution < 1.29 is 18.3 Å². The first-order chi connectivity index (χ1) is 13.4. The zero-order valence-corrected chi connectivity index (χ0v) is 17.5. The van der Waals surface area contributed by atoms with Gasteiger partial charge in [-0.05, 0) is 43.9 Å². The SMILES string of the molecule is CCCN(CCC)c1c(OC)nc(-c2c(C)cc(C)cc2OC)nc1C(F)F. The normalized spacial score (nSPS) is 11.0. The molecule has 0 saturated heterocycles. The molecule has 0 amide bonds. The van der Waals surface area contributed by atoms with Crippen molar-refractivity contribution in [3.8, 4) is 23.0 Å². The van der Waals surface area contributed by atoms with Gasteiger partial charge in [-0.3, -0.25) is 0 Å². The fourth-order valence-electron chi connectivity index (χ4n) is 3.41. The molecule has 154 valence electrons. The van der Waals surface area contributed by atoms with Crippen LogP contribution in [0.4, 0.5) is 14.5 Å². The van der Waals surface area contributed by atoms with E-state index < -0.39 is 6.43 Å². The average Bonchev–Trinajstić information content (AvgIpc) is 2.66. The summed E-state index contributed by atoms with van der Waals surface area (Å²) in [6, 6.07) is 3.79. The van der Waals surface area contributed by atoms with E-state index in [1.54, 1.807) is 7.11 Å². The third-order valence-corrected chi connectivity index (χ3v) is 4.47. The van der Waals surface area contributed by atoms with Crippen molar-refractivity contribution in [3.63, 3.8) is 0 Å². The number of methoxy groups -OCH3 is 2. The summed E-state index contributed by atoms with van der Waals surface area (Å²) in [5.74, 6) is 0.883. The van der Waals surface area contributed by atoms with Gasteiger partial charge < -0.3 is 14.4 Å². The molecule has 0 aliphatic heterocycles. The summed E-state index contributed by atoms with van der Waals surface area (Å²) in [4.78, 5) is 10.7. The van der Waals surface area contributed by atoms with Gasteiger partial charge in [-0.2, -0.15) is 4.98 Å². The number of rotatable bonds is 9. The zero-order valence-electron chi connectivity index (χ0n) is 17.5. The summed E-state index contributed by atoms with van der Waals surface area (Å²) < 4.78 is 39.0. The molecular formula is C21H29F2N3O2. The maximum Gasteiger partial charge on any atom is 0.282 e. The summed E-state index contributed by atoms with van der Waals surface area (Å²) in [5, 5.41) is 0. The summed E-state index contributed by atoms with van der Waals surface area (Å²) >= 11 is 0. The Labute approximate surface area is 165 Å². The molecule has 0 atom stereocenters. The molecule has 1 aromatic heterocycles. The maximum atomic E-state index is 14.0. The second-order valence-electron chi connectivity index (χ2n) is 6.74. The Balaban J connectivity index is 2.76. The van der Waals surface area contributed by atoms with Gasteiger partial charge in [0.05, 0.1) is 19.8 Å². The largest absolute Gasteiger partial charge is 0.496 e. The van der Waals surface area contributed by atoms with Crippen LogP contribution in [0.2, 0.25) is 0 Å². The number of hydrogen-bond acceptors (Lipinski definition) is 5. The highest BCUT2D eigenvalue weighted by Gasteiger charge is 2.27. The Morgan fingerprint density at radius 1 is 1.00 bits per heavy atom. The predicted molar refractivity (Wildman–Crippen MR) is 108 cm³/mol. The molecule has 0 saturated carbocycles. The van der Waals surface area contributed by atoms with E-state index in [0.29, 0.717) is 24.4 Å². The molecule has 7 heteroatoms. The van der Waals surface area contributed by atoms with Crippen molar-refractivity contribution in [3.05, 3.63) is 29.0 Å². The first-order valence-corrected chi connectivity index (χ1v) is 9.52. The lowest BCUT2D eigenvalue weighted by molar-refractivity contribution is 0.146. The molecule has 0 unspecified atom stereocenters. The monoisotopic (exact) mass is 393 g/mol. The van der Waals surface area contributed by atoms with E-state index in [9.17, 15) is 8.78 Å². The number of halogens is 2. The summed E-state index contributed by atoms with van der Waals surface area (Å²) in [6.07, 6.45) is -1.12. The molecule has 2 aromatic rings. The highest BCUT2D eigenvalue weighted by Crippen LogP contribution is 2.40. The fourth-order valence-corrected chi connectivity index (χ4v) is 3.41. The smallest absolute Gasteiger partial charge is 0.282 e. The first-order valence-electron chi connectivity index (χ1n) is 9.52. The second-order valence-corrected chi connectivity index (χ2v) is 6.74. The van der Waals surface area contributed by atoms with Crippen LogP contribution in [-0.2, 0) is 0 Å². The van der Waals surface area contributed by atoms with Crippen LogP contribution >= 0.6 is 0 Å². The third kappa shape index (κ3) is 4.51. The van der Waals surface area contributed by atoms with Gasteiger partial charge in [-0.25, -0.2) is 13.8 Å². The third-order valence-electron chi connectivity index (χ3n) is 4.47. The molecule has 2 rings (SSSR count). The number of ether oxygens (including phenoxy) is 2. The lowest BCUT2D eigenvalue weighted by atomic mass is 10.0.